The van der Waals surface area contributed by atoms with Crippen LogP contribution in [0.25, 0.3) is 0 Å². The number of hydrogen-bond donors (Lipinski definition) is 3. The molecule has 0 heterocycles. The van der Waals surface area contributed by atoms with Gasteiger partial charge in [0.1, 0.15) is 0 Å². The van der Waals surface area contributed by atoms with Gasteiger partial charge in [-0.15, -0.1) is 11.8 Å². The molecule has 1 aromatic rings. The van der Waals surface area contributed by atoms with Gasteiger partial charge < -0.3 is 15.9 Å². The molecule has 0 aliphatic heterocycles. The molecule has 0 atom stereocenters. The molecule has 5 nitrogen and oxygen atoms in total. The van der Waals surface area contributed by atoms with Crippen LogP contribution in [0.3, 0.4) is 0 Å². The Balaban J connectivity index is 2.67. The Hall–Kier alpha value is -1.95. The summed E-state index contributed by atoms with van der Waals surface area (Å²) in [6, 6.07) is 6.90. The van der Waals surface area contributed by atoms with Crippen LogP contribution in [0.15, 0.2) is 40.8 Å². The zero-order valence-electron chi connectivity index (χ0n) is 8.79. The normalized spacial score (nSPS) is 11.2. The SMILES string of the molecule is Nc1ccc(SC/C(=C\C(=O)O)C(=O)O)cc1. The lowest BCUT2D eigenvalue weighted by atomic mass is 10.3. The van der Waals surface area contributed by atoms with Crippen molar-refractivity contribution < 1.29 is 19.8 Å². The lowest BCUT2D eigenvalue weighted by Crippen LogP contribution is -2.06. The Morgan fingerprint density at radius 1 is 1.24 bits per heavy atom. The first-order valence-corrected chi connectivity index (χ1v) is 5.62. The predicted octanol–water partition coefficient (Wildman–Crippen LogP) is 1.46. The van der Waals surface area contributed by atoms with E-state index in [1.165, 1.54) is 11.8 Å². The first kappa shape index (κ1) is 13.1. The number of anilines is 1. The number of nitrogens with two attached hydrogens (primary N) is 1. The van der Waals surface area contributed by atoms with E-state index in [0.717, 1.165) is 4.90 Å². The average molecular weight is 253 g/mol. The van der Waals surface area contributed by atoms with E-state index in [2.05, 4.69) is 0 Å². The minimum absolute atomic E-state index is 0.0888. The highest BCUT2D eigenvalue weighted by molar-refractivity contribution is 7.99. The quantitative estimate of drug-likeness (QED) is 0.417. The van der Waals surface area contributed by atoms with Crippen LogP contribution in [0.4, 0.5) is 5.69 Å². The van der Waals surface area contributed by atoms with Crippen LogP contribution in [0, 0.1) is 0 Å². The second kappa shape index (κ2) is 5.95. The van der Waals surface area contributed by atoms with E-state index in [9.17, 15) is 9.59 Å². The predicted molar refractivity (Wildman–Crippen MR) is 64.9 cm³/mol. The number of benzene rings is 1. The van der Waals surface area contributed by atoms with Crippen LogP contribution in [0.2, 0.25) is 0 Å². The van der Waals surface area contributed by atoms with Gasteiger partial charge in [-0.1, -0.05) is 0 Å². The number of carbonyl (C=O) groups is 2. The van der Waals surface area contributed by atoms with Crippen LogP contribution in [0.1, 0.15) is 0 Å². The fourth-order valence-electron chi connectivity index (χ4n) is 1.04. The van der Waals surface area contributed by atoms with Crippen LogP contribution < -0.4 is 5.73 Å². The third-order valence-corrected chi connectivity index (χ3v) is 2.91. The van der Waals surface area contributed by atoms with Gasteiger partial charge in [0.2, 0.25) is 0 Å². The third-order valence-electron chi connectivity index (χ3n) is 1.85. The van der Waals surface area contributed by atoms with Crippen molar-refractivity contribution in [3.8, 4) is 0 Å². The molecule has 0 unspecified atom stereocenters. The molecule has 0 aliphatic rings. The molecule has 0 spiro atoms. The highest BCUT2D eigenvalue weighted by Crippen LogP contribution is 2.21. The Bertz CT molecular complexity index is 453. The number of thioether (sulfide) groups is 1. The van der Waals surface area contributed by atoms with E-state index in [1.807, 2.05) is 0 Å². The lowest BCUT2D eigenvalue weighted by Gasteiger charge is -2.02. The van der Waals surface area contributed by atoms with Gasteiger partial charge in [-0.25, -0.2) is 9.59 Å². The van der Waals surface area contributed by atoms with Crippen molar-refractivity contribution in [1.82, 2.24) is 0 Å². The minimum atomic E-state index is -1.26. The maximum absolute atomic E-state index is 10.7. The number of rotatable bonds is 5. The molecule has 6 heteroatoms. The summed E-state index contributed by atoms with van der Waals surface area (Å²) in [6.45, 7) is 0. The van der Waals surface area contributed by atoms with Gasteiger partial charge in [-0.3, -0.25) is 0 Å². The number of nitrogen functional groups attached to an aromatic ring is 1. The van der Waals surface area contributed by atoms with Gasteiger partial charge in [0, 0.05) is 22.4 Å². The van der Waals surface area contributed by atoms with Gasteiger partial charge in [0.15, 0.2) is 0 Å². The van der Waals surface area contributed by atoms with E-state index in [0.29, 0.717) is 11.8 Å². The summed E-state index contributed by atoms with van der Waals surface area (Å²) in [4.78, 5) is 22.0. The van der Waals surface area contributed by atoms with Crippen molar-refractivity contribution in [2.45, 2.75) is 4.90 Å². The highest BCUT2D eigenvalue weighted by atomic mass is 32.2. The van der Waals surface area contributed by atoms with Crippen molar-refractivity contribution in [3.63, 3.8) is 0 Å². The third kappa shape index (κ3) is 4.60. The summed E-state index contributed by atoms with van der Waals surface area (Å²) in [5.41, 5.74) is 5.97. The molecule has 4 N–H and O–H groups in total. The van der Waals surface area contributed by atoms with Crippen LogP contribution in [0.5, 0.6) is 0 Å². The first-order valence-electron chi connectivity index (χ1n) is 4.64. The maximum Gasteiger partial charge on any atom is 0.332 e. The number of carboxylic acids is 2. The van der Waals surface area contributed by atoms with Gasteiger partial charge in [-0.05, 0) is 24.3 Å². The second-order valence-electron chi connectivity index (χ2n) is 3.17. The van der Waals surface area contributed by atoms with Crippen LogP contribution in [-0.4, -0.2) is 27.9 Å². The minimum Gasteiger partial charge on any atom is -0.478 e. The second-order valence-corrected chi connectivity index (χ2v) is 4.22. The van der Waals surface area contributed by atoms with E-state index in [4.69, 9.17) is 15.9 Å². The zero-order chi connectivity index (χ0) is 12.8. The van der Waals surface area contributed by atoms with Gasteiger partial charge in [-0.2, -0.15) is 0 Å². The van der Waals surface area contributed by atoms with Crippen LogP contribution in [-0.2, 0) is 9.59 Å². The van der Waals surface area contributed by atoms with Crippen molar-refractivity contribution >= 4 is 29.4 Å². The molecule has 0 aliphatic carbocycles. The molecule has 90 valence electrons. The standard InChI is InChI=1S/C11H11NO4S/c12-8-1-3-9(4-2-8)17-6-7(11(15)16)5-10(13)14/h1-5H,6,12H2,(H,13,14)(H,15,16)/b7-5+. The fraction of sp³-hybridized carbons (Fsp3) is 0.0909. The molecule has 0 saturated carbocycles. The number of carboxylic acid groups (broad SMARTS) is 2. The highest BCUT2D eigenvalue weighted by Gasteiger charge is 2.09. The largest absolute Gasteiger partial charge is 0.478 e. The molecule has 0 amide bonds. The van der Waals surface area contributed by atoms with Gasteiger partial charge in [0.25, 0.3) is 0 Å². The molecule has 0 saturated heterocycles. The smallest absolute Gasteiger partial charge is 0.332 e. The molecule has 1 rings (SSSR count). The Morgan fingerprint density at radius 2 is 1.82 bits per heavy atom. The number of aliphatic carboxylic acids is 2. The van der Waals surface area contributed by atoms with Crippen molar-refractivity contribution in [3.05, 3.63) is 35.9 Å². The number of hydrogen-bond acceptors (Lipinski definition) is 4. The van der Waals surface area contributed by atoms with Gasteiger partial charge in [0.05, 0.1) is 5.57 Å². The molecule has 1 aromatic carbocycles. The topological polar surface area (TPSA) is 101 Å². The lowest BCUT2D eigenvalue weighted by molar-refractivity contribution is -0.135. The van der Waals surface area contributed by atoms with E-state index < -0.39 is 11.9 Å². The summed E-state index contributed by atoms with van der Waals surface area (Å²) in [5.74, 6) is -2.40. The molecular weight excluding hydrogens is 242 g/mol. The van der Waals surface area contributed by atoms with E-state index in [-0.39, 0.29) is 11.3 Å². The summed E-state index contributed by atoms with van der Waals surface area (Å²) in [5, 5.41) is 17.3. The molecule has 0 aromatic heterocycles. The van der Waals surface area contributed by atoms with E-state index in [1.54, 1.807) is 24.3 Å². The Kier molecular flexibility index (Phi) is 4.59. The first-order chi connectivity index (χ1) is 7.99. The van der Waals surface area contributed by atoms with E-state index >= 15 is 0 Å². The summed E-state index contributed by atoms with van der Waals surface area (Å²) >= 11 is 1.24. The molecule has 0 radical (unpaired) electrons. The monoisotopic (exact) mass is 253 g/mol. The summed E-state index contributed by atoms with van der Waals surface area (Å²) in [6.07, 6.45) is 0.701. The Morgan fingerprint density at radius 3 is 2.29 bits per heavy atom. The van der Waals surface area contributed by atoms with Crippen molar-refractivity contribution in [2.75, 3.05) is 11.5 Å². The fourth-order valence-corrected chi connectivity index (χ4v) is 1.90. The molecular formula is C11H11NO4S. The zero-order valence-corrected chi connectivity index (χ0v) is 9.61. The summed E-state index contributed by atoms with van der Waals surface area (Å²) < 4.78 is 0. The Labute approximate surface area is 102 Å². The molecule has 0 fully saturated rings. The van der Waals surface area contributed by atoms with Gasteiger partial charge >= 0.3 is 11.9 Å². The van der Waals surface area contributed by atoms with Crippen LogP contribution >= 0.6 is 11.8 Å². The molecule has 0 bridgehead atoms. The maximum atomic E-state index is 10.7. The molecule has 17 heavy (non-hydrogen) atoms. The average Bonchev–Trinajstić information content (AvgIpc) is 2.25. The van der Waals surface area contributed by atoms with Crippen molar-refractivity contribution in [1.29, 1.82) is 0 Å². The summed E-state index contributed by atoms with van der Waals surface area (Å²) in [7, 11) is 0. The van der Waals surface area contributed by atoms with Crippen molar-refractivity contribution in [2.24, 2.45) is 0 Å².